The molecule has 1 saturated carbocycles. The standard InChI is InChI=1S/C27H37ClN4O5/c1-27(2,3)37-26(34)31-9-7-19(16-31)30-25(33)36-11-8-17-12-20(17)21-13-18-15-29-32(23(18)14-22(21)28)24-6-4-5-10-35-24/h13-15,17,19-20,24H,4-12,16H2,1-3H3,(H,30,33)/t17?,19-,20?,24?/m1/s1. The number of nitrogens with zero attached hydrogens (tertiary/aromatic N) is 3. The minimum absolute atomic E-state index is 0.0187. The van der Waals surface area contributed by atoms with Gasteiger partial charge in [0.1, 0.15) is 5.60 Å². The van der Waals surface area contributed by atoms with Crippen LogP contribution in [0.5, 0.6) is 0 Å². The molecule has 4 atom stereocenters. The molecule has 1 aromatic carbocycles. The number of nitrogens with one attached hydrogen (secondary N) is 1. The number of carbonyl (C=O) groups is 2. The van der Waals surface area contributed by atoms with E-state index in [2.05, 4.69) is 16.5 Å². The van der Waals surface area contributed by atoms with Crippen molar-refractivity contribution in [1.29, 1.82) is 0 Å². The first kappa shape index (κ1) is 26.1. The Balaban J connectivity index is 1.07. The summed E-state index contributed by atoms with van der Waals surface area (Å²) in [7, 11) is 0. The number of hydrogen-bond acceptors (Lipinski definition) is 6. The number of rotatable bonds is 6. The van der Waals surface area contributed by atoms with Crippen LogP contribution in [0.4, 0.5) is 9.59 Å². The molecule has 1 aliphatic carbocycles. The molecule has 2 aliphatic heterocycles. The van der Waals surface area contributed by atoms with E-state index in [0.29, 0.717) is 38.0 Å². The summed E-state index contributed by atoms with van der Waals surface area (Å²) in [5.74, 6) is 0.809. The molecule has 10 heteroatoms. The Morgan fingerprint density at radius 3 is 2.84 bits per heavy atom. The van der Waals surface area contributed by atoms with Crippen molar-refractivity contribution in [2.75, 3.05) is 26.3 Å². The minimum atomic E-state index is -0.538. The van der Waals surface area contributed by atoms with Crippen LogP contribution >= 0.6 is 11.6 Å². The van der Waals surface area contributed by atoms with Gasteiger partial charge in [-0.05, 0) is 88.8 Å². The van der Waals surface area contributed by atoms with E-state index in [9.17, 15) is 9.59 Å². The van der Waals surface area contributed by atoms with E-state index in [1.807, 2.05) is 37.7 Å². The van der Waals surface area contributed by atoms with Crippen LogP contribution in [0.15, 0.2) is 18.3 Å². The van der Waals surface area contributed by atoms with Crippen LogP contribution in [-0.2, 0) is 14.2 Å². The Morgan fingerprint density at radius 1 is 1.24 bits per heavy atom. The number of fused-ring (bicyclic) bond motifs is 1. The third-order valence-corrected chi connectivity index (χ3v) is 7.68. The molecule has 3 fully saturated rings. The summed E-state index contributed by atoms with van der Waals surface area (Å²) < 4.78 is 18.7. The summed E-state index contributed by atoms with van der Waals surface area (Å²) in [5, 5.41) is 9.28. The first-order valence-electron chi connectivity index (χ1n) is 13.4. The van der Waals surface area contributed by atoms with Gasteiger partial charge in [0.25, 0.3) is 0 Å². The number of hydrogen-bond donors (Lipinski definition) is 1. The summed E-state index contributed by atoms with van der Waals surface area (Å²) in [6, 6.07) is 4.04. The predicted molar refractivity (Wildman–Crippen MR) is 140 cm³/mol. The van der Waals surface area contributed by atoms with Crippen molar-refractivity contribution in [1.82, 2.24) is 20.0 Å². The molecular weight excluding hydrogens is 496 g/mol. The second-order valence-electron chi connectivity index (χ2n) is 11.4. The molecule has 202 valence electrons. The number of benzene rings is 1. The van der Waals surface area contributed by atoms with Crippen LogP contribution in [0.1, 0.15) is 77.0 Å². The highest BCUT2D eigenvalue weighted by molar-refractivity contribution is 6.32. The molecule has 9 nitrogen and oxygen atoms in total. The number of halogens is 1. The lowest BCUT2D eigenvalue weighted by atomic mass is 10.1. The van der Waals surface area contributed by atoms with Crippen LogP contribution in [0.2, 0.25) is 5.02 Å². The maximum Gasteiger partial charge on any atom is 0.410 e. The van der Waals surface area contributed by atoms with Crippen LogP contribution < -0.4 is 5.32 Å². The van der Waals surface area contributed by atoms with E-state index < -0.39 is 11.7 Å². The SMILES string of the molecule is CC(C)(C)OC(=O)N1CC[C@@H](NC(=O)OCCC2CC2c2cc3cnn(C4CCCCO4)c3cc2Cl)C1. The zero-order valence-corrected chi connectivity index (χ0v) is 22.6. The fourth-order valence-electron chi connectivity index (χ4n) is 5.35. The minimum Gasteiger partial charge on any atom is -0.450 e. The van der Waals surface area contributed by atoms with E-state index in [1.165, 1.54) is 0 Å². The first-order valence-corrected chi connectivity index (χ1v) is 13.8. The van der Waals surface area contributed by atoms with E-state index in [-0.39, 0.29) is 18.4 Å². The van der Waals surface area contributed by atoms with E-state index in [4.69, 9.17) is 25.8 Å². The number of carbonyl (C=O) groups excluding carboxylic acids is 2. The van der Waals surface area contributed by atoms with Gasteiger partial charge in [0.2, 0.25) is 0 Å². The second-order valence-corrected chi connectivity index (χ2v) is 11.8. The van der Waals surface area contributed by atoms with Crippen molar-refractivity contribution in [3.63, 3.8) is 0 Å². The smallest absolute Gasteiger partial charge is 0.410 e. The quantitative estimate of drug-likeness (QED) is 0.519. The van der Waals surface area contributed by atoms with Crippen molar-refractivity contribution in [3.8, 4) is 0 Å². The number of aromatic nitrogens is 2. The van der Waals surface area contributed by atoms with Gasteiger partial charge in [-0.3, -0.25) is 0 Å². The fourth-order valence-corrected chi connectivity index (χ4v) is 5.64. The van der Waals surface area contributed by atoms with Crippen LogP contribution in [-0.4, -0.2) is 64.8 Å². The molecule has 0 radical (unpaired) electrons. The van der Waals surface area contributed by atoms with Gasteiger partial charge in [0.15, 0.2) is 6.23 Å². The molecule has 2 amide bonds. The highest BCUT2D eigenvalue weighted by Crippen LogP contribution is 2.52. The monoisotopic (exact) mass is 532 g/mol. The summed E-state index contributed by atoms with van der Waals surface area (Å²) in [4.78, 5) is 26.1. The Morgan fingerprint density at radius 2 is 2.08 bits per heavy atom. The molecular formula is C27H37ClN4O5. The number of likely N-dealkylation sites (tertiary alicyclic amines) is 1. The van der Waals surface area contributed by atoms with Crippen molar-refractivity contribution < 1.29 is 23.8 Å². The van der Waals surface area contributed by atoms with Gasteiger partial charge < -0.3 is 24.4 Å². The zero-order valence-electron chi connectivity index (χ0n) is 21.9. The normalized spacial score (nSPS) is 25.8. The molecule has 3 unspecified atom stereocenters. The van der Waals surface area contributed by atoms with Gasteiger partial charge in [-0.1, -0.05) is 11.6 Å². The lowest BCUT2D eigenvalue weighted by Gasteiger charge is -2.24. The summed E-state index contributed by atoms with van der Waals surface area (Å²) >= 11 is 6.71. The third-order valence-electron chi connectivity index (χ3n) is 7.35. The molecule has 1 aromatic heterocycles. The van der Waals surface area contributed by atoms with Gasteiger partial charge in [-0.15, -0.1) is 0 Å². The highest BCUT2D eigenvalue weighted by Gasteiger charge is 2.39. The van der Waals surface area contributed by atoms with Gasteiger partial charge in [-0.25, -0.2) is 14.3 Å². The fraction of sp³-hybridized carbons (Fsp3) is 0.667. The number of alkyl carbamates (subject to hydrolysis) is 1. The van der Waals surface area contributed by atoms with Crippen molar-refractivity contribution >= 4 is 34.7 Å². The van der Waals surface area contributed by atoms with Crippen molar-refractivity contribution in [2.24, 2.45) is 5.92 Å². The summed E-state index contributed by atoms with van der Waals surface area (Å²) in [6.45, 7) is 7.63. The molecule has 37 heavy (non-hydrogen) atoms. The Labute approximate surface area is 222 Å². The molecule has 0 bridgehead atoms. The molecule has 1 N–H and O–H groups in total. The summed E-state index contributed by atoms with van der Waals surface area (Å²) in [6.07, 6.45) is 6.80. The second kappa shape index (κ2) is 10.7. The Bertz CT molecular complexity index is 1140. The number of amides is 2. The van der Waals surface area contributed by atoms with Crippen molar-refractivity contribution in [3.05, 3.63) is 28.9 Å². The van der Waals surface area contributed by atoms with Crippen molar-refractivity contribution in [2.45, 2.75) is 83.1 Å². The third kappa shape index (κ3) is 6.32. The van der Waals surface area contributed by atoms with Crippen LogP contribution in [0.3, 0.4) is 0 Å². The zero-order chi connectivity index (χ0) is 26.2. The molecule has 2 saturated heterocycles. The largest absolute Gasteiger partial charge is 0.450 e. The topological polar surface area (TPSA) is 94.9 Å². The molecule has 2 aromatic rings. The number of ether oxygens (including phenoxy) is 3. The Hall–Kier alpha value is -2.52. The lowest BCUT2D eigenvalue weighted by molar-refractivity contribution is -0.0366. The molecule has 0 spiro atoms. The van der Waals surface area contributed by atoms with E-state index in [0.717, 1.165) is 60.2 Å². The van der Waals surface area contributed by atoms with Gasteiger partial charge in [0.05, 0.1) is 24.4 Å². The van der Waals surface area contributed by atoms with E-state index >= 15 is 0 Å². The van der Waals surface area contributed by atoms with Gasteiger partial charge in [-0.2, -0.15) is 5.10 Å². The highest BCUT2D eigenvalue weighted by atomic mass is 35.5. The molecule has 5 rings (SSSR count). The Kier molecular flexibility index (Phi) is 7.54. The first-order chi connectivity index (χ1) is 17.7. The average Bonchev–Trinajstić information content (AvgIpc) is 3.24. The van der Waals surface area contributed by atoms with Crippen LogP contribution in [0.25, 0.3) is 10.9 Å². The maximum absolute atomic E-state index is 12.3. The van der Waals surface area contributed by atoms with Gasteiger partial charge in [0, 0.05) is 30.1 Å². The lowest BCUT2D eigenvalue weighted by Crippen LogP contribution is -2.40. The van der Waals surface area contributed by atoms with E-state index in [1.54, 1.807) is 4.90 Å². The van der Waals surface area contributed by atoms with Gasteiger partial charge >= 0.3 is 12.2 Å². The summed E-state index contributed by atoms with van der Waals surface area (Å²) in [5.41, 5.74) is 1.61. The average molecular weight is 533 g/mol. The maximum atomic E-state index is 12.3. The molecule has 3 heterocycles. The predicted octanol–water partition coefficient (Wildman–Crippen LogP) is 5.62. The van der Waals surface area contributed by atoms with Crippen LogP contribution in [0, 0.1) is 5.92 Å². The molecule has 3 aliphatic rings.